The number of carbonyl (C=O) groups is 1. The molecule has 1 aliphatic heterocycles. The number of fused-ring (bicyclic) bond motifs is 1. The smallest absolute Gasteiger partial charge is 0.307 e. The first-order chi connectivity index (χ1) is 11.0. The van der Waals surface area contributed by atoms with Crippen LogP contribution in [0, 0.1) is 17.7 Å². The third kappa shape index (κ3) is 3.22. The fraction of sp³-hybridized carbons (Fsp3) is 0.529. The normalized spacial score (nSPS) is 22.6. The molecule has 2 unspecified atom stereocenters. The van der Waals surface area contributed by atoms with Crippen molar-refractivity contribution < 1.29 is 14.3 Å². The quantitative estimate of drug-likeness (QED) is 0.941. The maximum absolute atomic E-state index is 13.4. The second kappa shape index (κ2) is 6.28. The second-order valence-corrected chi connectivity index (χ2v) is 6.48. The van der Waals surface area contributed by atoms with Crippen molar-refractivity contribution >= 4 is 17.0 Å². The van der Waals surface area contributed by atoms with Gasteiger partial charge in [0, 0.05) is 25.7 Å². The van der Waals surface area contributed by atoms with Gasteiger partial charge in [-0.2, -0.15) is 0 Å². The number of rotatable bonds is 4. The molecule has 5 nitrogen and oxygen atoms in total. The number of hydrogen-bond acceptors (Lipinski definition) is 3. The van der Waals surface area contributed by atoms with E-state index in [2.05, 4.69) is 21.4 Å². The Morgan fingerprint density at radius 3 is 2.91 bits per heavy atom. The van der Waals surface area contributed by atoms with Crippen LogP contribution in [0.3, 0.4) is 0 Å². The number of benzene rings is 1. The van der Waals surface area contributed by atoms with Crippen molar-refractivity contribution in [2.45, 2.75) is 33.4 Å². The largest absolute Gasteiger partial charge is 0.481 e. The topological polar surface area (TPSA) is 58.4 Å². The number of carboxylic acids is 1. The lowest BCUT2D eigenvalue weighted by Gasteiger charge is -2.34. The summed E-state index contributed by atoms with van der Waals surface area (Å²) in [6.07, 6.45) is 0.723. The molecule has 0 saturated carbocycles. The van der Waals surface area contributed by atoms with E-state index >= 15 is 0 Å². The number of imidazole rings is 1. The van der Waals surface area contributed by atoms with Gasteiger partial charge in [-0.3, -0.25) is 9.69 Å². The molecule has 0 radical (unpaired) electrons. The molecular formula is C17H22FN3O2. The Labute approximate surface area is 134 Å². The van der Waals surface area contributed by atoms with E-state index in [0.29, 0.717) is 24.5 Å². The Morgan fingerprint density at radius 1 is 1.43 bits per heavy atom. The Kier molecular flexibility index (Phi) is 4.35. The van der Waals surface area contributed by atoms with Crippen LogP contribution in [-0.2, 0) is 17.9 Å². The van der Waals surface area contributed by atoms with E-state index in [-0.39, 0.29) is 11.7 Å². The van der Waals surface area contributed by atoms with Gasteiger partial charge in [-0.25, -0.2) is 9.37 Å². The molecule has 2 heterocycles. The number of nitrogens with zero attached hydrogens (tertiary/aromatic N) is 3. The molecular weight excluding hydrogens is 297 g/mol. The monoisotopic (exact) mass is 319 g/mol. The number of halogens is 1. The lowest BCUT2D eigenvalue weighted by molar-refractivity contribution is -0.144. The van der Waals surface area contributed by atoms with Crippen LogP contribution in [0.15, 0.2) is 18.2 Å². The average molecular weight is 319 g/mol. The zero-order chi connectivity index (χ0) is 16.6. The summed E-state index contributed by atoms with van der Waals surface area (Å²) in [7, 11) is 0. The highest BCUT2D eigenvalue weighted by molar-refractivity contribution is 5.76. The van der Waals surface area contributed by atoms with Crippen molar-refractivity contribution in [1.29, 1.82) is 0 Å². The van der Waals surface area contributed by atoms with Gasteiger partial charge in [-0.15, -0.1) is 0 Å². The molecule has 23 heavy (non-hydrogen) atoms. The van der Waals surface area contributed by atoms with Crippen molar-refractivity contribution in [1.82, 2.24) is 14.5 Å². The molecule has 1 aliphatic rings. The molecule has 124 valence electrons. The van der Waals surface area contributed by atoms with E-state index in [1.54, 1.807) is 6.07 Å². The SMILES string of the molecule is CCn1c(CN2CC(C)CC(C(=O)O)C2)nc2cc(F)ccc21. The fourth-order valence-corrected chi connectivity index (χ4v) is 3.60. The molecule has 0 aliphatic carbocycles. The van der Waals surface area contributed by atoms with Crippen LogP contribution in [0.4, 0.5) is 4.39 Å². The highest BCUT2D eigenvalue weighted by atomic mass is 19.1. The van der Waals surface area contributed by atoms with Crippen molar-refractivity contribution in [2.24, 2.45) is 11.8 Å². The van der Waals surface area contributed by atoms with Crippen LogP contribution in [0.1, 0.15) is 26.1 Å². The number of carboxylic acid groups (broad SMARTS) is 1. The summed E-state index contributed by atoms with van der Waals surface area (Å²) in [5.41, 5.74) is 1.57. The summed E-state index contributed by atoms with van der Waals surface area (Å²) in [4.78, 5) is 18.0. The minimum absolute atomic E-state index is 0.290. The van der Waals surface area contributed by atoms with Gasteiger partial charge >= 0.3 is 5.97 Å². The Morgan fingerprint density at radius 2 is 2.22 bits per heavy atom. The van der Waals surface area contributed by atoms with Gasteiger partial charge in [0.2, 0.25) is 0 Å². The Bertz CT molecular complexity index is 728. The maximum atomic E-state index is 13.4. The number of piperidine rings is 1. The third-order valence-electron chi connectivity index (χ3n) is 4.56. The maximum Gasteiger partial charge on any atom is 0.307 e. The first kappa shape index (κ1) is 15.9. The molecule has 6 heteroatoms. The molecule has 1 aromatic heterocycles. The van der Waals surface area contributed by atoms with Gasteiger partial charge in [-0.1, -0.05) is 6.92 Å². The van der Waals surface area contributed by atoms with Crippen LogP contribution in [0.2, 0.25) is 0 Å². The Balaban J connectivity index is 1.87. The molecule has 1 N–H and O–H groups in total. The minimum atomic E-state index is -0.729. The predicted molar refractivity (Wildman–Crippen MR) is 85.5 cm³/mol. The van der Waals surface area contributed by atoms with Gasteiger partial charge in [0.1, 0.15) is 11.6 Å². The number of aromatic nitrogens is 2. The molecule has 3 rings (SSSR count). The number of likely N-dealkylation sites (tertiary alicyclic amines) is 1. The number of aryl methyl sites for hydroxylation is 1. The second-order valence-electron chi connectivity index (χ2n) is 6.48. The summed E-state index contributed by atoms with van der Waals surface area (Å²) < 4.78 is 15.5. The number of aliphatic carboxylic acids is 1. The van der Waals surface area contributed by atoms with Crippen molar-refractivity contribution in [3.63, 3.8) is 0 Å². The zero-order valence-electron chi connectivity index (χ0n) is 13.5. The van der Waals surface area contributed by atoms with Crippen LogP contribution in [0.5, 0.6) is 0 Å². The van der Waals surface area contributed by atoms with Crippen molar-refractivity contribution in [3.05, 3.63) is 29.8 Å². The summed E-state index contributed by atoms with van der Waals surface area (Å²) >= 11 is 0. The Hall–Kier alpha value is -1.95. The van der Waals surface area contributed by atoms with Crippen LogP contribution < -0.4 is 0 Å². The lowest BCUT2D eigenvalue weighted by Crippen LogP contribution is -2.42. The summed E-state index contributed by atoms with van der Waals surface area (Å²) in [5, 5.41) is 9.30. The van der Waals surface area contributed by atoms with E-state index in [1.807, 2.05) is 6.92 Å². The highest BCUT2D eigenvalue weighted by Crippen LogP contribution is 2.24. The predicted octanol–water partition coefficient (Wildman–Crippen LogP) is 2.74. The third-order valence-corrected chi connectivity index (χ3v) is 4.56. The fourth-order valence-electron chi connectivity index (χ4n) is 3.60. The van der Waals surface area contributed by atoms with Crippen molar-refractivity contribution in [2.75, 3.05) is 13.1 Å². The summed E-state index contributed by atoms with van der Waals surface area (Å²) in [6, 6.07) is 4.65. The summed E-state index contributed by atoms with van der Waals surface area (Å²) in [6.45, 7) is 6.88. The first-order valence-electron chi connectivity index (χ1n) is 8.07. The molecule has 0 amide bonds. The van der Waals surface area contributed by atoms with Gasteiger partial charge < -0.3 is 9.67 Å². The molecule has 2 aromatic rings. The van der Waals surface area contributed by atoms with Crippen LogP contribution in [0.25, 0.3) is 11.0 Å². The first-order valence-corrected chi connectivity index (χ1v) is 8.07. The molecule has 1 fully saturated rings. The van der Waals surface area contributed by atoms with Gasteiger partial charge in [0.25, 0.3) is 0 Å². The van der Waals surface area contributed by atoms with E-state index in [4.69, 9.17) is 0 Å². The van der Waals surface area contributed by atoms with Crippen LogP contribution >= 0.6 is 0 Å². The zero-order valence-corrected chi connectivity index (χ0v) is 13.5. The van der Waals surface area contributed by atoms with Gasteiger partial charge in [0.15, 0.2) is 0 Å². The van der Waals surface area contributed by atoms with E-state index in [0.717, 1.165) is 30.9 Å². The van der Waals surface area contributed by atoms with Gasteiger partial charge in [0.05, 0.1) is 23.5 Å². The molecule has 1 saturated heterocycles. The van der Waals surface area contributed by atoms with Gasteiger partial charge in [-0.05, 0) is 31.4 Å². The van der Waals surface area contributed by atoms with Crippen LogP contribution in [-0.4, -0.2) is 38.6 Å². The standard InChI is InChI=1S/C17H22FN3O2/c1-3-21-15-5-4-13(18)7-14(15)19-16(21)10-20-8-11(2)6-12(9-20)17(22)23/h4-5,7,11-12H,3,6,8-10H2,1-2H3,(H,22,23). The van der Waals surface area contributed by atoms with E-state index in [1.165, 1.54) is 12.1 Å². The molecule has 1 aromatic carbocycles. The minimum Gasteiger partial charge on any atom is -0.481 e. The molecule has 2 atom stereocenters. The van der Waals surface area contributed by atoms with E-state index < -0.39 is 5.97 Å². The average Bonchev–Trinajstić information content (AvgIpc) is 2.82. The highest BCUT2D eigenvalue weighted by Gasteiger charge is 2.30. The molecule has 0 bridgehead atoms. The molecule has 0 spiro atoms. The number of hydrogen-bond donors (Lipinski definition) is 1. The summed E-state index contributed by atoms with van der Waals surface area (Å²) in [5.74, 6) is -0.126. The van der Waals surface area contributed by atoms with E-state index in [9.17, 15) is 14.3 Å². The lowest BCUT2D eigenvalue weighted by atomic mass is 9.90. The van der Waals surface area contributed by atoms with Crippen molar-refractivity contribution in [3.8, 4) is 0 Å².